The molecule has 1 saturated carbocycles. The monoisotopic (exact) mass is 430 g/mol. The quantitative estimate of drug-likeness (QED) is 0.497. The minimum absolute atomic E-state index is 0.0677. The molecule has 2 aliphatic rings. The highest BCUT2D eigenvalue weighted by Crippen LogP contribution is 2.38. The van der Waals surface area contributed by atoms with Crippen LogP contribution < -0.4 is 0 Å². The van der Waals surface area contributed by atoms with Crippen molar-refractivity contribution in [2.24, 2.45) is 0 Å². The molecular formula is C22H26N2O5S. The Hall–Kier alpha value is -2.45. The second-order valence-electron chi connectivity index (χ2n) is 8.02. The second-order valence-corrected chi connectivity index (χ2v) is 9.96. The highest BCUT2D eigenvalue weighted by molar-refractivity contribution is 7.89. The molecule has 0 atom stereocenters. The summed E-state index contributed by atoms with van der Waals surface area (Å²) < 4.78 is 34.2. The summed E-state index contributed by atoms with van der Waals surface area (Å²) in [6, 6.07) is 8.11. The Balaban J connectivity index is 1.44. The van der Waals surface area contributed by atoms with E-state index >= 15 is 0 Å². The van der Waals surface area contributed by atoms with Crippen molar-refractivity contribution < 1.29 is 22.7 Å². The summed E-state index contributed by atoms with van der Waals surface area (Å²) in [7, 11) is -3.62. The van der Waals surface area contributed by atoms with Crippen LogP contribution in [-0.4, -0.2) is 48.7 Å². The number of hydrogen-bond donors (Lipinski definition) is 0. The number of carbonyl (C=O) groups is 2. The average molecular weight is 431 g/mol. The van der Waals surface area contributed by atoms with Gasteiger partial charge in [-0.1, -0.05) is 6.07 Å². The SMILES string of the molecule is Cc1cc(C(=O)COC(=O)c2cccc(S(=O)(=O)N3CCCC3)c2)c(C)n1C1CC1. The van der Waals surface area contributed by atoms with Crippen LogP contribution in [0.3, 0.4) is 0 Å². The molecule has 0 amide bonds. The third kappa shape index (κ3) is 3.94. The van der Waals surface area contributed by atoms with Crippen LogP contribution in [-0.2, 0) is 14.8 Å². The summed E-state index contributed by atoms with van der Waals surface area (Å²) in [5, 5.41) is 0. The van der Waals surface area contributed by atoms with Gasteiger partial charge < -0.3 is 9.30 Å². The van der Waals surface area contributed by atoms with Crippen LogP contribution in [0.5, 0.6) is 0 Å². The van der Waals surface area contributed by atoms with Gasteiger partial charge in [0.1, 0.15) is 0 Å². The zero-order chi connectivity index (χ0) is 21.5. The fourth-order valence-electron chi connectivity index (χ4n) is 4.11. The van der Waals surface area contributed by atoms with E-state index in [9.17, 15) is 18.0 Å². The number of ether oxygens (including phenoxy) is 1. The number of hydrogen-bond acceptors (Lipinski definition) is 5. The second kappa shape index (κ2) is 8.00. The Bertz CT molecular complexity index is 1090. The van der Waals surface area contributed by atoms with Crippen molar-refractivity contribution in [2.75, 3.05) is 19.7 Å². The molecule has 2 aromatic rings. The van der Waals surface area contributed by atoms with Crippen LogP contribution in [0.2, 0.25) is 0 Å². The molecule has 0 unspecified atom stereocenters. The van der Waals surface area contributed by atoms with Crippen molar-refractivity contribution in [2.45, 2.75) is 50.5 Å². The van der Waals surface area contributed by atoms with E-state index in [4.69, 9.17) is 4.74 Å². The molecule has 0 bridgehead atoms. The largest absolute Gasteiger partial charge is 0.454 e. The van der Waals surface area contributed by atoms with E-state index < -0.39 is 16.0 Å². The summed E-state index contributed by atoms with van der Waals surface area (Å²) >= 11 is 0. The standard InChI is InChI=1S/C22H26N2O5S/c1-15-12-20(16(2)24(15)18-8-9-18)21(25)14-29-22(26)17-6-5-7-19(13-17)30(27,28)23-10-3-4-11-23/h5-7,12-13,18H,3-4,8-11,14H2,1-2H3. The Labute approximate surface area is 176 Å². The van der Waals surface area contributed by atoms with E-state index in [1.807, 2.05) is 19.9 Å². The number of rotatable bonds is 7. The van der Waals surface area contributed by atoms with Crippen molar-refractivity contribution in [3.05, 3.63) is 52.8 Å². The van der Waals surface area contributed by atoms with Gasteiger partial charge in [-0.15, -0.1) is 0 Å². The Morgan fingerprint density at radius 3 is 2.47 bits per heavy atom. The zero-order valence-electron chi connectivity index (χ0n) is 17.3. The highest BCUT2D eigenvalue weighted by atomic mass is 32.2. The molecule has 1 saturated heterocycles. The molecule has 1 aromatic heterocycles. The van der Waals surface area contributed by atoms with Crippen LogP contribution in [0.4, 0.5) is 0 Å². The van der Waals surface area contributed by atoms with Crippen molar-refractivity contribution >= 4 is 21.8 Å². The van der Waals surface area contributed by atoms with Crippen molar-refractivity contribution in [3.63, 3.8) is 0 Å². The lowest BCUT2D eigenvalue weighted by Gasteiger charge is -2.15. The van der Waals surface area contributed by atoms with Crippen molar-refractivity contribution in [1.29, 1.82) is 0 Å². The van der Waals surface area contributed by atoms with Gasteiger partial charge in [-0.25, -0.2) is 13.2 Å². The molecule has 0 N–H and O–H groups in total. The minimum atomic E-state index is -3.62. The number of aromatic nitrogens is 1. The van der Waals surface area contributed by atoms with Gasteiger partial charge in [0.05, 0.1) is 10.5 Å². The lowest BCUT2D eigenvalue weighted by atomic mass is 10.1. The number of sulfonamides is 1. The first kappa shape index (κ1) is 20.8. The van der Waals surface area contributed by atoms with Crippen molar-refractivity contribution in [1.82, 2.24) is 8.87 Å². The molecule has 160 valence electrons. The van der Waals surface area contributed by atoms with E-state index in [1.54, 1.807) is 0 Å². The molecule has 0 spiro atoms. The normalized spacial score (nSPS) is 17.3. The molecule has 8 heteroatoms. The first-order valence-corrected chi connectivity index (χ1v) is 11.7. The first-order valence-electron chi connectivity index (χ1n) is 10.3. The van der Waals surface area contributed by atoms with E-state index in [0.29, 0.717) is 24.7 Å². The lowest BCUT2D eigenvalue weighted by molar-refractivity contribution is 0.0474. The topological polar surface area (TPSA) is 85.7 Å². The average Bonchev–Trinajstić information content (AvgIpc) is 3.29. The van der Waals surface area contributed by atoms with Crippen LogP contribution in [0, 0.1) is 13.8 Å². The predicted molar refractivity (Wildman–Crippen MR) is 111 cm³/mol. The Kier molecular flexibility index (Phi) is 5.55. The van der Waals surface area contributed by atoms with E-state index in [2.05, 4.69) is 4.57 Å². The number of benzene rings is 1. The van der Waals surface area contributed by atoms with Gasteiger partial charge in [0.15, 0.2) is 6.61 Å². The van der Waals surface area contributed by atoms with E-state index in [1.165, 1.54) is 28.6 Å². The van der Waals surface area contributed by atoms with Crippen LogP contribution in [0.1, 0.15) is 63.8 Å². The number of ketones is 1. The number of Topliss-reactive ketones (excluding diaryl/α,β-unsaturated/α-hetero) is 1. The summed E-state index contributed by atoms with van der Waals surface area (Å²) in [5.41, 5.74) is 2.61. The molecule has 30 heavy (non-hydrogen) atoms. The van der Waals surface area contributed by atoms with Gasteiger partial charge in [0.25, 0.3) is 0 Å². The number of nitrogens with zero attached hydrogens (tertiary/aromatic N) is 2. The summed E-state index contributed by atoms with van der Waals surface area (Å²) in [4.78, 5) is 25.2. The van der Waals surface area contributed by atoms with E-state index in [-0.39, 0.29) is 22.8 Å². The predicted octanol–water partition coefficient (Wildman–Crippen LogP) is 3.26. The Morgan fingerprint density at radius 1 is 1.10 bits per heavy atom. The third-order valence-electron chi connectivity index (χ3n) is 5.80. The number of esters is 1. The van der Waals surface area contributed by atoms with Gasteiger partial charge in [-0.2, -0.15) is 4.31 Å². The first-order chi connectivity index (χ1) is 14.3. The summed E-state index contributed by atoms with van der Waals surface area (Å²) in [5.74, 6) is -0.970. The van der Waals surface area contributed by atoms with Crippen molar-refractivity contribution in [3.8, 4) is 0 Å². The lowest BCUT2D eigenvalue weighted by Crippen LogP contribution is -2.28. The molecule has 7 nitrogen and oxygen atoms in total. The molecule has 4 rings (SSSR count). The number of aryl methyl sites for hydroxylation is 1. The van der Waals surface area contributed by atoms with Gasteiger partial charge in [0, 0.05) is 36.1 Å². The fourth-order valence-corrected chi connectivity index (χ4v) is 5.67. The van der Waals surface area contributed by atoms with Gasteiger partial charge in [0.2, 0.25) is 15.8 Å². The highest BCUT2D eigenvalue weighted by Gasteiger charge is 2.29. The van der Waals surface area contributed by atoms with Crippen LogP contribution >= 0.6 is 0 Å². The Morgan fingerprint density at radius 2 is 1.80 bits per heavy atom. The molecule has 1 aromatic carbocycles. The van der Waals surface area contributed by atoms with Gasteiger partial charge in [-0.05, 0) is 63.8 Å². The van der Waals surface area contributed by atoms with Crippen LogP contribution in [0.15, 0.2) is 35.2 Å². The zero-order valence-corrected chi connectivity index (χ0v) is 18.1. The molecule has 1 aliphatic heterocycles. The summed E-state index contributed by atoms with van der Waals surface area (Å²) in [6.45, 7) is 4.49. The molecule has 1 aliphatic carbocycles. The molecular weight excluding hydrogens is 404 g/mol. The molecule has 0 radical (unpaired) electrons. The summed E-state index contributed by atoms with van der Waals surface area (Å²) in [6.07, 6.45) is 3.92. The maximum absolute atomic E-state index is 12.7. The van der Waals surface area contributed by atoms with E-state index in [0.717, 1.165) is 37.1 Å². The molecule has 2 fully saturated rings. The molecule has 2 heterocycles. The fraction of sp³-hybridized carbons (Fsp3) is 0.455. The maximum atomic E-state index is 12.7. The third-order valence-corrected chi connectivity index (χ3v) is 7.70. The number of carbonyl (C=O) groups excluding carboxylic acids is 2. The van der Waals surface area contributed by atoms with Gasteiger partial charge in [-0.3, -0.25) is 4.79 Å². The maximum Gasteiger partial charge on any atom is 0.338 e. The van der Waals surface area contributed by atoms with Gasteiger partial charge >= 0.3 is 5.97 Å². The smallest absolute Gasteiger partial charge is 0.338 e. The minimum Gasteiger partial charge on any atom is -0.454 e. The van der Waals surface area contributed by atoms with Crippen LogP contribution in [0.25, 0.3) is 0 Å².